The molecule has 2 atom stereocenters. The van der Waals surface area contributed by atoms with Crippen molar-refractivity contribution in [2.45, 2.75) is 59.0 Å². The van der Waals surface area contributed by atoms with E-state index in [0.717, 1.165) is 51.5 Å². The molecule has 5 heteroatoms. The summed E-state index contributed by atoms with van der Waals surface area (Å²) >= 11 is 0. The Morgan fingerprint density at radius 1 is 1.22 bits per heavy atom. The molecule has 1 rings (SSSR count). The molecule has 0 aromatic carbocycles. The number of ether oxygens (including phenoxy) is 2. The Morgan fingerprint density at radius 2 is 2.00 bits per heavy atom. The third-order valence-electron chi connectivity index (χ3n) is 4.37. The first-order valence-electron chi connectivity index (χ1n) is 9.04. The number of methoxy groups -OCH3 is 1. The van der Waals surface area contributed by atoms with Crippen molar-refractivity contribution in [3.63, 3.8) is 0 Å². The molecule has 1 saturated heterocycles. The monoisotopic (exact) mass is 327 g/mol. The van der Waals surface area contributed by atoms with Crippen molar-refractivity contribution in [1.29, 1.82) is 0 Å². The average molecular weight is 328 g/mol. The molecule has 0 aromatic rings. The fourth-order valence-corrected chi connectivity index (χ4v) is 3.21. The summed E-state index contributed by atoms with van der Waals surface area (Å²) in [6, 6.07) is 0. The normalized spacial score (nSPS) is 22.9. The molecule has 0 saturated carbocycles. The van der Waals surface area contributed by atoms with Gasteiger partial charge in [-0.15, -0.1) is 0 Å². The van der Waals surface area contributed by atoms with Crippen molar-refractivity contribution in [2.24, 2.45) is 16.3 Å². The molecule has 136 valence electrons. The molecule has 0 radical (unpaired) electrons. The van der Waals surface area contributed by atoms with E-state index in [4.69, 9.17) is 9.47 Å². The number of guanidine groups is 1. The van der Waals surface area contributed by atoms with Gasteiger partial charge < -0.3 is 20.1 Å². The SMILES string of the molecule is CN=C(NCCCCCOC)NCC1CCCOC1C(C)(C)C. The van der Waals surface area contributed by atoms with Gasteiger partial charge in [-0.3, -0.25) is 4.99 Å². The van der Waals surface area contributed by atoms with E-state index in [0.29, 0.717) is 12.0 Å². The lowest BCUT2D eigenvalue weighted by Crippen LogP contribution is -2.47. The second-order valence-corrected chi connectivity index (χ2v) is 7.49. The van der Waals surface area contributed by atoms with Crippen LogP contribution in [0.2, 0.25) is 0 Å². The third-order valence-corrected chi connectivity index (χ3v) is 4.37. The average Bonchev–Trinajstić information content (AvgIpc) is 2.53. The minimum atomic E-state index is 0.186. The largest absolute Gasteiger partial charge is 0.385 e. The Bertz CT molecular complexity index is 340. The molecule has 0 aromatic heterocycles. The molecule has 1 heterocycles. The van der Waals surface area contributed by atoms with Crippen LogP contribution >= 0.6 is 0 Å². The number of aliphatic imine (C=N–C) groups is 1. The van der Waals surface area contributed by atoms with Crippen molar-refractivity contribution in [3.8, 4) is 0 Å². The Hall–Kier alpha value is -0.810. The minimum Gasteiger partial charge on any atom is -0.385 e. The fraction of sp³-hybridized carbons (Fsp3) is 0.944. The quantitative estimate of drug-likeness (QED) is 0.409. The van der Waals surface area contributed by atoms with Gasteiger partial charge in [-0.05, 0) is 37.5 Å². The van der Waals surface area contributed by atoms with Crippen LogP contribution < -0.4 is 10.6 Å². The molecule has 0 spiro atoms. The molecule has 1 aliphatic rings. The standard InChI is InChI=1S/C18H37N3O2/c1-18(2,3)16-15(10-9-13-23-16)14-21-17(19-4)20-11-7-6-8-12-22-5/h15-16H,6-14H2,1-5H3,(H2,19,20,21). The van der Waals surface area contributed by atoms with Crippen LogP contribution in [0.3, 0.4) is 0 Å². The zero-order valence-electron chi connectivity index (χ0n) is 15.8. The summed E-state index contributed by atoms with van der Waals surface area (Å²) in [7, 11) is 3.59. The van der Waals surface area contributed by atoms with Crippen LogP contribution in [0.4, 0.5) is 0 Å². The van der Waals surface area contributed by atoms with Gasteiger partial charge in [0.25, 0.3) is 0 Å². The van der Waals surface area contributed by atoms with E-state index >= 15 is 0 Å². The van der Waals surface area contributed by atoms with Gasteiger partial charge in [-0.1, -0.05) is 20.8 Å². The highest BCUT2D eigenvalue weighted by molar-refractivity contribution is 5.79. The second kappa shape index (κ2) is 10.9. The third kappa shape index (κ3) is 8.02. The van der Waals surface area contributed by atoms with Crippen LogP contribution in [0, 0.1) is 11.3 Å². The van der Waals surface area contributed by atoms with Crippen LogP contribution in [0.5, 0.6) is 0 Å². The molecule has 0 aliphatic carbocycles. The lowest BCUT2D eigenvalue weighted by atomic mass is 9.78. The number of unbranched alkanes of at least 4 members (excludes halogenated alkanes) is 2. The molecule has 23 heavy (non-hydrogen) atoms. The first-order chi connectivity index (χ1) is 11.0. The number of hydrogen-bond donors (Lipinski definition) is 2. The summed E-state index contributed by atoms with van der Waals surface area (Å²) in [4.78, 5) is 4.32. The van der Waals surface area contributed by atoms with E-state index in [1.54, 1.807) is 7.11 Å². The first-order valence-corrected chi connectivity index (χ1v) is 9.04. The highest BCUT2D eigenvalue weighted by Gasteiger charge is 2.35. The Kier molecular flexibility index (Phi) is 9.56. The Balaban J connectivity index is 2.30. The molecule has 1 fully saturated rings. The van der Waals surface area contributed by atoms with Crippen molar-refractivity contribution in [3.05, 3.63) is 0 Å². The summed E-state index contributed by atoms with van der Waals surface area (Å²) in [5.41, 5.74) is 0.186. The van der Waals surface area contributed by atoms with E-state index in [1.165, 1.54) is 12.8 Å². The predicted molar refractivity (Wildman–Crippen MR) is 97.0 cm³/mol. The van der Waals surface area contributed by atoms with Gasteiger partial charge in [0.15, 0.2) is 5.96 Å². The van der Waals surface area contributed by atoms with Crippen molar-refractivity contribution < 1.29 is 9.47 Å². The molecule has 0 amide bonds. The Morgan fingerprint density at radius 3 is 2.65 bits per heavy atom. The molecule has 1 aliphatic heterocycles. The highest BCUT2D eigenvalue weighted by Crippen LogP contribution is 2.33. The molecule has 5 nitrogen and oxygen atoms in total. The molecule has 2 N–H and O–H groups in total. The van der Waals surface area contributed by atoms with Gasteiger partial charge >= 0.3 is 0 Å². The second-order valence-electron chi connectivity index (χ2n) is 7.49. The van der Waals surface area contributed by atoms with Gasteiger partial charge in [0, 0.05) is 46.4 Å². The van der Waals surface area contributed by atoms with Gasteiger partial charge in [-0.2, -0.15) is 0 Å². The predicted octanol–water partition coefficient (Wildman–Crippen LogP) is 2.81. The summed E-state index contributed by atoms with van der Waals surface area (Å²) < 4.78 is 11.1. The molecular formula is C18H37N3O2. The van der Waals surface area contributed by atoms with Crippen LogP contribution in [0.25, 0.3) is 0 Å². The zero-order chi connectivity index (χ0) is 17.1. The van der Waals surface area contributed by atoms with E-state index in [9.17, 15) is 0 Å². The molecule has 0 bridgehead atoms. The van der Waals surface area contributed by atoms with Gasteiger partial charge in [0.2, 0.25) is 0 Å². The highest BCUT2D eigenvalue weighted by atomic mass is 16.5. The lowest BCUT2D eigenvalue weighted by molar-refractivity contribution is -0.0835. The van der Waals surface area contributed by atoms with E-state index in [1.807, 2.05) is 7.05 Å². The number of nitrogens with one attached hydrogen (secondary N) is 2. The van der Waals surface area contributed by atoms with Crippen LogP contribution in [0.15, 0.2) is 4.99 Å². The lowest BCUT2D eigenvalue weighted by Gasteiger charge is -2.40. The van der Waals surface area contributed by atoms with E-state index < -0.39 is 0 Å². The van der Waals surface area contributed by atoms with Crippen molar-refractivity contribution >= 4 is 5.96 Å². The summed E-state index contributed by atoms with van der Waals surface area (Å²) in [6.07, 6.45) is 6.14. The smallest absolute Gasteiger partial charge is 0.190 e. The van der Waals surface area contributed by atoms with Crippen LogP contribution in [-0.2, 0) is 9.47 Å². The summed E-state index contributed by atoms with van der Waals surface area (Å²) in [5.74, 6) is 1.44. The zero-order valence-corrected chi connectivity index (χ0v) is 15.8. The Labute approximate surface area is 142 Å². The summed E-state index contributed by atoms with van der Waals surface area (Å²) in [6.45, 7) is 10.4. The number of rotatable bonds is 8. The minimum absolute atomic E-state index is 0.186. The molecular weight excluding hydrogens is 290 g/mol. The van der Waals surface area contributed by atoms with Gasteiger partial charge in [0.1, 0.15) is 0 Å². The maximum absolute atomic E-state index is 6.04. The maximum atomic E-state index is 6.04. The summed E-state index contributed by atoms with van der Waals surface area (Å²) in [5, 5.41) is 6.87. The fourth-order valence-electron chi connectivity index (χ4n) is 3.21. The first kappa shape index (κ1) is 20.2. The topological polar surface area (TPSA) is 54.9 Å². The number of nitrogens with zero attached hydrogens (tertiary/aromatic N) is 1. The molecule has 2 unspecified atom stereocenters. The van der Waals surface area contributed by atoms with Crippen molar-refractivity contribution in [2.75, 3.05) is 40.5 Å². The van der Waals surface area contributed by atoms with E-state index in [2.05, 4.69) is 36.4 Å². The van der Waals surface area contributed by atoms with Crippen LogP contribution in [-0.4, -0.2) is 52.5 Å². The maximum Gasteiger partial charge on any atom is 0.190 e. The van der Waals surface area contributed by atoms with Crippen molar-refractivity contribution in [1.82, 2.24) is 10.6 Å². The number of hydrogen-bond acceptors (Lipinski definition) is 3. The van der Waals surface area contributed by atoms with Crippen LogP contribution in [0.1, 0.15) is 52.9 Å². The van der Waals surface area contributed by atoms with E-state index in [-0.39, 0.29) is 5.41 Å². The van der Waals surface area contributed by atoms with Gasteiger partial charge in [0.05, 0.1) is 6.10 Å². The van der Waals surface area contributed by atoms with Gasteiger partial charge in [-0.25, -0.2) is 0 Å².